The molecule has 0 saturated carbocycles. The molecule has 0 spiro atoms. The standard InChI is InChI=1S/C13H16BrClN4/c1-8(2)16-5-10-4-11(14)6-17-13(10)19-7-12(15)9(3)18-19/h4,6-8,16H,5H2,1-3H3. The molecule has 0 atom stereocenters. The fraction of sp³-hybridized carbons (Fsp3) is 0.385. The van der Waals surface area contributed by atoms with Crippen LogP contribution in [0.5, 0.6) is 0 Å². The lowest BCUT2D eigenvalue weighted by Crippen LogP contribution is -2.23. The van der Waals surface area contributed by atoms with E-state index in [1.165, 1.54) is 0 Å². The maximum absolute atomic E-state index is 6.05. The maximum atomic E-state index is 6.05. The van der Waals surface area contributed by atoms with Crippen LogP contribution in [0, 0.1) is 6.92 Å². The predicted molar refractivity (Wildman–Crippen MR) is 80.8 cm³/mol. The summed E-state index contributed by atoms with van der Waals surface area (Å²) in [4.78, 5) is 4.44. The van der Waals surface area contributed by atoms with Gasteiger partial charge in [-0.2, -0.15) is 5.10 Å². The summed E-state index contributed by atoms with van der Waals surface area (Å²) in [5, 5.41) is 8.41. The molecule has 19 heavy (non-hydrogen) atoms. The second-order valence-corrected chi connectivity index (χ2v) is 6.00. The van der Waals surface area contributed by atoms with Crippen LogP contribution in [0.2, 0.25) is 5.02 Å². The van der Waals surface area contributed by atoms with Crippen molar-refractivity contribution in [3.63, 3.8) is 0 Å². The SMILES string of the molecule is Cc1nn(-c2ncc(Br)cc2CNC(C)C)cc1Cl. The van der Waals surface area contributed by atoms with Crippen LogP contribution in [0.3, 0.4) is 0 Å². The Kier molecular flexibility index (Phi) is 4.60. The van der Waals surface area contributed by atoms with Gasteiger partial charge in [-0.1, -0.05) is 25.4 Å². The molecule has 0 bridgehead atoms. The van der Waals surface area contributed by atoms with Crippen LogP contribution in [0.15, 0.2) is 22.9 Å². The average molecular weight is 344 g/mol. The van der Waals surface area contributed by atoms with Crippen molar-refractivity contribution in [3.8, 4) is 5.82 Å². The Labute approximate surface area is 126 Å². The summed E-state index contributed by atoms with van der Waals surface area (Å²) in [6, 6.07) is 2.46. The lowest BCUT2D eigenvalue weighted by atomic mass is 10.2. The van der Waals surface area contributed by atoms with Gasteiger partial charge in [0.1, 0.15) is 0 Å². The highest BCUT2D eigenvalue weighted by molar-refractivity contribution is 9.10. The zero-order chi connectivity index (χ0) is 14.0. The molecule has 2 rings (SSSR count). The molecule has 0 unspecified atom stereocenters. The van der Waals surface area contributed by atoms with Crippen LogP contribution in [0.1, 0.15) is 25.1 Å². The molecular weight excluding hydrogens is 328 g/mol. The minimum absolute atomic E-state index is 0.412. The Morgan fingerprint density at radius 3 is 2.79 bits per heavy atom. The summed E-state index contributed by atoms with van der Waals surface area (Å²) in [6.45, 7) is 6.83. The van der Waals surface area contributed by atoms with Crippen molar-refractivity contribution in [2.75, 3.05) is 0 Å². The minimum atomic E-state index is 0.412. The van der Waals surface area contributed by atoms with Crippen LogP contribution in [-0.4, -0.2) is 20.8 Å². The number of halogens is 2. The summed E-state index contributed by atoms with van der Waals surface area (Å²) in [7, 11) is 0. The molecular formula is C13H16BrClN4. The lowest BCUT2D eigenvalue weighted by Gasteiger charge is -2.12. The van der Waals surface area contributed by atoms with Crippen molar-refractivity contribution in [2.24, 2.45) is 0 Å². The second kappa shape index (κ2) is 6.03. The Bertz CT molecular complexity index is 561. The Balaban J connectivity index is 2.38. The molecule has 2 heterocycles. The predicted octanol–water partition coefficient (Wildman–Crippen LogP) is 3.49. The number of aryl methyl sites for hydroxylation is 1. The number of nitrogens with one attached hydrogen (secondary N) is 1. The van der Waals surface area contributed by atoms with E-state index in [1.54, 1.807) is 17.1 Å². The third kappa shape index (κ3) is 3.55. The van der Waals surface area contributed by atoms with Crippen molar-refractivity contribution in [1.29, 1.82) is 0 Å². The molecule has 0 saturated heterocycles. The van der Waals surface area contributed by atoms with E-state index in [0.29, 0.717) is 11.1 Å². The van der Waals surface area contributed by atoms with Crippen LogP contribution in [0.4, 0.5) is 0 Å². The van der Waals surface area contributed by atoms with Crippen molar-refractivity contribution >= 4 is 27.5 Å². The molecule has 2 aromatic heterocycles. The smallest absolute Gasteiger partial charge is 0.157 e. The van der Waals surface area contributed by atoms with Crippen LogP contribution in [0.25, 0.3) is 5.82 Å². The number of hydrogen-bond donors (Lipinski definition) is 1. The van der Waals surface area contributed by atoms with E-state index in [2.05, 4.69) is 45.2 Å². The highest BCUT2D eigenvalue weighted by Gasteiger charge is 2.11. The molecule has 0 aliphatic rings. The number of pyridine rings is 1. The summed E-state index contributed by atoms with van der Waals surface area (Å²) in [6.07, 6.45) is 3.55. The zero-order valence-corrected chi connectivity index (χ0v) is 13.5. The Hall–Kier alpha value is -0.910. The fourth-order valence-corrected chi connectivity index (χ4v) is 2.18. The first kappa shape index (κ1) is 14.5. The van der Waals surface area contributed by atoms with Gasteiger partial charge in [0.05, 0.1) is 16.9 Å². The highest BCUT2D eigenvalue weighted by atomic mass is 79.9. The minimum Gasteiger partial charge on any atom is -0.310 e. The molecule has 0 radical (unpaired) electrons. The topological polar surface area (TPSA) is 42.7 Å². The van der Waals surface area contributed by atoms with Gasteiger partial charge in [-0.3, -0.25) is 0 Å². The van der Waals surface area contributed by atoms with Gasteiger partial charge in [0.15, 0.2) is 5.82 Å². The largest absolute Gasteiger partial charge is 0.310 e. The van der Waals surface area contributed by atoms with Gasteiger partial charge in [-0.05, 0) is 28.9 Å². The molecule has 0 aliphatic carbocycles. The Morgan fingerprint density at radius 2 is 2.21 bits per heavy atom. The van der Waals surface area contributed by atoms with Crippen LogP contribution >= 0.6 is 27.5 Å². The van der Waals surface area contributed by atoms with Gasteiger partial charge in [0.2, 0.25) is 0 Å². The first-order valence-electron chi connectivity index (χ1n) is 6.07. The molecule has 0 aromatic carbocycles. The van der Waals surface area contributed by atoms with Crippen LogP contribution in [-0.2, 0) is 6.54 Å². The first-order valence-corrected chi connectivity index (χ1v) is 7.24. The van der Waals surface area contributed by atoms with Gasteiger partial charge in [-0.15, -0.1) is 0 Å². The van der Waals surface area contributed by atoms with Gasteiger partial charge in [0.25, 0.3) is 0 Å². The monoisotopic (exact) mass is 342 g/mol. The summed E-state index contributed by atoms with van der Waals surface area (Å²) in [5.74, 6) is 0.798. The van der Waals surface area contributed by atoms with E-state index in [0.717, 1.165) is 28.1 Å². The number of nitrogens with zero attached hydrogens (tertiary/aromatic N) is 3. The normalized spacial score (nSPS) is 11.3. The molecule has 0 aliphatic heterocycles. The van der Waals surface area contributed by atoms with E-state index in [4.69, 9.17) is 11.6 Å². The molecule has 0 fully saturated rings. The number of rotatable bonds is 4. The quantitative estimate of drug-likeness (QED) is 0.924. The molecule has 102 valence electrons. The van der Waals surface area contributed by atoms with Gasteiger partial charge < -0.3 is 5.32 Å². The van der Waals surface area contributed by atoms with E-state index in [9.17, 15) is 0 Å². The maximum Gasteiger partial charge on any atom is 0.157 e. The van der Waals surface area contributed by atoms with Crippen molar-refractivity contribution < 1.29 is 0 Å². The third-order valence-electron chi connectivity index (χ3n) is 2.67. The lowest BCUT2D eigenvalue weighted by molar-refractivity contribution is 0.584. The summed E-state index contributed by atoms with van der Waals surface area (Å²) in [5.41, 5.74) is 1.87. The van der Waals surface area contributed by atoms with E-state index in [-0.39, 0.29) is 0 Å². The van der Waals surface area contributed by atoms with Crippen molar-refractivity contribution in [2.45, 2.75) is 33.4 Å². The average Bonchev–Trinajstić information content (AvgIpc) is 2.67. The van der Waals surface area contributed by atoms with Gasteiger partial charge >= 0.3 is 0 Å². The molecule has 6 heteroatoms. The fourth-order valence-electron chi connectivity index (χ4n) is 1.67. The summed E-state index contributed by atoms with van der Waals surface area (Å²) < 4.78 is 2.67. The number of hydrogen-bond acceptors (Lipinski definition) is 3. The van der Waals surface area contributed by atoms with Gasteiger partial charge in [0, 0.05) is 28.8 Å². The van der Waals surface area contributed by atoms with E-state index in [1.807, 2.05) is 13.0 Å². The molecule has 0 amide bonds. The molecule has 2 aromatic rings. The van der Waals surface area contributed by atoms with Crippen molar-refractivity contribution in [3.05, 3.63) is 39.2 Å². The number of aromatic nitrogens is 3. The van der Waals surface area contributed by atoms with Gasteiger partial charge in [-0.25, -0.2) is 9.67 Å². The third-order valence-corrected chi connectivity index (χ3v) is 3.47. The van der Waals surface area contributed by atoms with Crippen LogP contribution < -0.4 is 5.32 Å². The van der Waals surface area contributed by atoms with Crippen molar-refractivity contribution in [1.82, 2.24) is 20.1 Å². The highest BCUT2D eigenvalue weighted by Crippen LogP contribution is 2.20. The summed E-state index contributed by atoms with van der Waals surface area (Å²) >= 11 is 9.50. The van der Waals surface area contributed by atoms with E-state index < -0.39 is 0 Å². The second-order valence-electron chi connectivity index (χ2n) is 4.68. The van der Waals surface area contributed by atoms with E-state index >= 15 is 0 Å². The molecule has 1 N–H and O–H groups in total. The first-order chi connectivity index (χ1) is 8.97. The Morgan fingerprint density at radius 1 is 1.47 bits per heavy atom. The zero-order valence-electron chi connectivity index (χ0n) is 11.1. The molecule has 4 nitrogen and oxygen atoms in total.